The Hall–Kier alpha value is -1.44. The fourth-order valence-electron chi connectivity index (χ4n) is 0.632. The highest BCUT2D eigenvalue weighted by atomic mass is 14.8. The summed E-state index contributed by atoms with van der Waals surface area (Å²) in [6.07, 6.45) is 4.70. The lowest BCUT2D eigenvalue weighted by molar-refractivity contribution is 1.45. The van der Waals surface area contributed by atoms with Gasteiger partial charge in [0.1, 0.15) is 0 Å². The van der Waals surface area contributed by atoms with Crippen molar-refractivity contribution >= 4 is 11.4 Å². The molecule has 0 aromatic rings. The molecule has 0 aliphatic carbocycles. The molecule has 0 rings (SSSR count). The predicted octanol–water partition coefficient (Wildman–Crippen LogP) is 2.01. The number of hydrogen-bond donors (Lipinski definition) is 0. The molecule has 0 saturated heterocycles. The number of hydrogen-bond acceptors (Lipinski definition) is 2. The van der Waals surface area contributed by atoms with Crippen LogP contribution in [0.1, 0.15) is 0 Å². The van der Waals surface area contributed by atoms with Gasteiger partial charge in [-0.2, -0.15) is 0 Å². The molecule has 0 aliphatic rings. The molecular formula is C9H12N2. The van der Waals surface area contributed by atoms with Crippen LogP contribution in [0.4, 0.5) is 0 Å². The van der Waals surface area contributed by atoms with E-state index in [4.69, 9.17) is 0 Å². The van der Waals surface area contributed by atoms with E-state index in [1.807, 2.05) is 0 Å². The zero-order valence-corrected chi connectivity index (χ0v) is 6.75. The van der Waals surface area contributed by atoms with E-state index >= 15 is 0 Å². The molecule has 0 spiro atoms. The quantitative estimate of drug-likeness (QED) is 0.545. The van der Waals surface area contributed by atoms with Gasteiger partial charge in [0, 0.05) is 13.2 Å². The lowest BCUT2D eigenvalue weighted by atomic mass is 10.2. The largest absolute Gasteiger partial charge is 0.286 e. The fourth-order valence-corrected chi connectivity index (χ4v) is 0.632. The molecule has 0 amide bonds. The van der Waals surface area contributed by atoms with Gasteiger partial charge in [-0.1, -0.05) is 19.7 Å². The first kappa shape index (κ1) is 9.56. The lowest BCUT2D eigenvalue weighted by Crippen LogP contribution is -2.07. The van der Waals surface area contributed by atoms with Crippen LogP contribution in [0.15, 0.2) is 48.1 Å². The first-order valence-electron chi connectivity index (χ1n) is 3.20. The van der Waals surface area contributed by atoms with E-state index in [0.29, 0.717) is 5.71 Å². The van der Waals surface area contributed by atoms with Crippen molar-refractivity contribution in [3.63, 3.8) is 0 Å². The average molecular weight is 148 g/mol. The zero-order chi connectivity index (χ0) is 8.69. The Morgan fingerprint density at radius 3 is 1.91 bits per heavy atom. The zero-order valence-electron chi connectivity index (χ0n) is 6.75. The second kappa shape index (κ2) is 5.35. The van der Waals surface area contributed by atoms with E-state index in [2.05, 4.69) is 29.7 Å². The number of allylic oxidation sites excluding steroid dienone is 2. The molecule has 2 heteroatoms. The van der Waals surface area contributed by atoms with Gasteiger partial charge < -0.3 is 0 Å². The lowest BCUT2D eigenvalue weighted by Gasteiger charge is -1.96. The molecule has 0 aliphatic heterocycles. The summed E-state index contributed by atoms with van der Waals surface area (Å²) in [5.41, 5.74) is 1.41. The maximum absolute atomic E-state index is 3.95. The van der Waals surface area contributed by atoms with Gasteiger partial charge >= 0.3 is 0 Å². The minimum Gasteiger partial charge on any atom is -0.286 e. The van der Waals surface area contributed by atoms with Crippen LogP contribution in [0.5, 0.6) is 0 Å². The van der Waals surface area contributed by atoms with E-state index in [0.717, 1.165) is 5.71 Å². The average Bonchev–Trinajstić information content (AvgIpc) is 2.05. The van der Waals surface area contributed by atoms with E-state index in [-0.39, 0.29) is 0 Å². The van der Waals surface area contributed by atoms with Crippen molar-refractivity contribution in [2.24, 2.45) is 9.98 Å². The Balaban J connectivity index is 4.75. The van der Waals surface area contributed by atoms with Crippen molar-refractivity contribution in [3.05, 3.63) is 38.1 Å². The number of nitrogens with zero attached hydrogens (tertiary/aromatic N) is 2. The van der Waals surface area contributed by atoms with Gasteiger partial charge in [-0.05, 0) is 12.2 Å². The van der Waals surface area contributed by atoms with Crippen LogP contribution in [0.3, 0.4) is 0 Å². The third-order valence-electron chi connectivity index (χ3n) is 1.12. The van der Waals surface area contributed by atoms with Gasteiger partial charge in [0.05, 0.1) is 11.4 Å². The van der Waals surface area contributed by atoms with Gasteiger partial charge in [0.25, 0.3) is 0 Å². The first-order valence-corrected chi connectivity index (χ1v) is 3.20. The SMILES string of the molecule is C=CN=C(C=C)C(C=C)=NC. The van der Waals surface area contributed by atoms with Crippen LogP contribution in [-0.2, 0) is 0 Å². The molecule has 0 bridgehead atoms. The summed E-state index contributed by atoms with van der Waals surface area (Å²) < 4.78 is 0. The van der Waals surface area contributed by atoms with Gasteiger partial charge in [0.15, 0.2) is 0 Å². The molecule has 58 valence electrons. The van der Waals surface area contributed by atoms with Crippen molar-refractivity contribution in [1.29, 1.82) is 0 Å². The monoisotopic (exact) mass is 148 g/mol. The summed E-state index contributed by atoms with van der Waals surface area (Å²) >= 11 is 0. The molecule has 0 aromatic carbocycles. The summed E-state index contributed by atoms with van der Waals surface area (Å²) in [4.78, 5) is 7.89. The van der Waals surface area contributed by atoms with Crippen LogP contribution in [0.2, 0.25) is 0 Å². The molecule has 0 atom stereocenters. The van der Waals surface area contributed by atoms with Gasteiger partial charge in [-0.25, -0.2) is 0 Å². The molecule has 0 aromatic heterocycles. The van der Waals surface area contributed by atoms with Crippen molar-refractivity contribution in [1.82, 2.24) is 0 Å². The molecule has 0 radical (unpaired) electrons. The topological polar surface area (TPSA) is 24.7 Å². The Labute approximate surface area is 67.4 Å². The molecule has 0 unspecified atom stereocenters. The third-order valence-corrected chi connectivity index (χ3v) is 1.12. The highest BCUT2D eigenvalue weighted by Crippen LogP contribution is 1.88. The molecular weight excluding hydrogens is 136 g/mol. The van der Waals surface area contributed by atoms with Crippen molar-refractivity contribution in [3.8, 4) is 0 Å². The Bertz CT molecular complexity index is 222. The van der Waals surface area contributed by atoms with Crippen molar-refractivity contribution in [2.75, 3.05) is 7.05 Å². The summed E-state index contributed by atoms with van der Waals surface area (Å²) in [5.74, 6) is 0. The molecule has 11 heavy (non-hydrogen) atoms. The Morgan fingerprint density at radius 1 is 1.09 bits per heavy atom. The van der Waals surface area contributed by atoms with E-state index in [1.54, 1.807) is 19.2 Å². The Morgan fingerprint density at radius 2 is 1.64 bits per heavy atom. The molecule has 0 N–H and O–H groups in total. The van der Waals surface area contributed by atoms with Crippen LogP contribution < -0.4 is 0 Å². The summed E-state index contributed by atoms with van der Waals surface area (Å²) in [5, 5.41) is 0. The highest BCUT2D eigenvalue weighted by molar-refractivity contribution is 6.50. The second-order valence-electron chi connectivity index (χ2n) is 1.71. The Kier molecular flexibility index (Phi) is 4.65. The summed E-state index contributed by atoms with van der Waals surface area (Å²) in [6.45, 7) is 10.7. The van der Waals surface area contributed by atoms with E-state index < -0.39 is 0 Å². The maximum atomic E-state index is 3.95. The van der Waals surface area contributed by atoms with Gasteiger partial charge in [-0.15, -0.1) is 0 Å². The smallest absolute Gasteiger partial charge is 0.0875 e. The van der Waals surface area contributed by atoms with Crippen LogP contribution in [0.25, 0.3) is 0 Å². The molecule has 2 nitrogen and oxygen atoms in total. The standard InChI is InChI=1S/C9H12N2/c1-5-8(10-4)9(6-2)11-7-3/h5-7H,1-3H2,4H3. The van der Waals surface area contributed by atoms with E-state index in [9.17, 15) is 0 Å². The fraction of sp³-hybridized carbons (Fsp3) is 0.111. The number of aliphatic imine (C=N–C) groups is 2. The summed E-state index contributed by atoms with van der Waals surface area (Å²) in [7, 11) is 1.68. The maximum Gasteiger partial charge on any atom is 0.0875 e. The molecule has 0 saturated carbocycles. The van der Waals surface area contributed by atoms with Crippen molar-refractivity contribution in [2.45, 2.75) is 0 Å². The van der Waals surface area contributed by atoms with E-state index in [1.165, 1.54) is 6.20 Å². The van der Waals surface area contributed by atoms with Crippen molar-refractivity contribution < 1.29 is 0 Å². The number of rotatable bonds is 4. The van der Waals surface area contributed by atoms with Crippen LogP contribution >= 0.6 is 0 Å². The van der Waals surface area contributed by atoms with Crippen LogP contribution in [0, 0.1) is 0 Å². The third kappa shape index (κ3) is 2.76. The predicted molar refractivity (Wildman–Crippen MR) is 51.4 cm³/mol. The van der Waals surface area contributed by atoms with Crippen LogP contribution in [-0.4, -0.2) is 18.5 Å². The second-order valence-corrected chi connectivity index (χ2v) is 1.71. The molecule has 0 fully saturated rings. The first-order chi connectivity index (χ1) is 5.29. The molecule has 0 heterocycles. The van der Waals surface area contributed by atoms with Gasteiger partial charge in [-0.3, -0.25) is 9.98 Å². The normalized spacial score (nSPS) is 12.5. The minimum absolute atomic E-state index is 0.692. The summed E-state index contributed by atoms with van der Waals surface area (Å²) in [6, 6.07) is 0. The minimum atomic E-state index is 0.692. The highest BCUT2D eigenvalue weighted by Gasteiger charge is 1.96. The van der Waals surface area contributed by atoms with Gasteiger partial charge in [0.2, 0.25) is 0 Å².